The molecule has 100 valence electrons. The van der Waals surface area contributed by atoms with Gasteiger partial charge in [0.15, 0.2) is 11.5 Å². The fourth-order valence-electron chi connectivity index (χ4n) is 1.69. The topological polar surface area (TPSA) is 18.5 Å². The Hall–Kier alpha value is -1.000. The Morgan fingerprint density at radius 3 is 2.37 bits per heavy atom. The molecule has 4 heteroatoms. The van der Waals surface area contributed by atoms with Crippen LogP contribution < -0.4 is 9.47 Å². The second-order valence-electron chi connectivity index (χ2n) is 4.15. The average Bonchev–Trinajstić information content (AvgIpc) is 2.42. The number of benzene rings is 2. The van der Waals surface area contributed by atoms with Crippen LogP contribution in [0.3, 0.4) is 0 Å². The minimum Gasteiger partial charge on any atom is -0.493 e. The molecule has 0 saturated heterocycles. The summed E-state index contributed by atoms with van der Waals surface area (Å²) in [5, 5.41) is 0.819. The number of halogens is 2. The zero-order valence-electron chi connectivity index (χ0n) is 10.7. The first-order chi connectivity index (χ1) is 9.13. The van der Waals surface area contributed by atoms with Crippen LogP contribution in [0.1, 0.15) is 11.1 Å². The highest BCUT2D eigenvalue weighted by atomic mass is 79.9. The molecule has 0 atom stereocenters. The molecular formula is C15H14Br2O2. The molecule has 19 heavy (non-hydrogen) atoms. The van der Waals surface area contributed by atoms with Crippen LogP contribution in [0.2, 0.25) is 0 Å². The summed E-state index contributed by atoms with van der Waals surface area (Å²) in [7, 11) is 1.64. The van der Waals surface area contributed by atoms with Gasteiger partial charge in [-0.25, -0.2) is 0 Å². The van der Waals surface area contributed by atoms with Crippen molar-refractivity contribution in [2.45, 2.75) is 12.3 Å². The number of rotatable bonds is 4. The van der Waals surface area contributed by atoms with E-state index in [9.17, 15) is 0 Å². The van der Waals surface area contributed by atoms with Crippen molar-refractivity contribution in [1.82, 2.24) is 0 Å². The van der Waals surface area contributed by atoms with Crippen LogP contribution in [-0.2, 0) is 5.33 Å². The molecule has 0 bridgehead atoms. The van der Waals surface area contributed by atoms with Crippen molar-refractivity contribution in [3.05, 3.63) is 52.0 Å². The highest BCUT2D eigenvalue weighted by Gasteiger charge is 2.08. The number of alkyl halides is 1. The molecule has 2 rings (SSSR count). The summed E-state index contributed by atoms with van der Waals surface area (Å²) in [6.07, 6.45) is 0. The van der Waals surface area contributed by atoms with Gasteiger partial charge in [-0.3, -0.25) is 0 Å². The first-order valence-electron chi connectivity index (χ1n) is 5.81. The lowest BCUT2D eigenvalue weighted by molar-refractivity contribution is 0.378. The van der Waals surface area contributed by atoms with Crippen LogP contribution in [0.5, 0.6) is 17.2 Å². The molecule has 2 nitrogen and oxygen atoms in total. The van der Waals surface area contributed by atoms with Gasteiger partial charge in [-0.2, -0.15) is 0 Å². The van der Waals surface area contributed by atoms with Crippen molar-refractivity contribution in [1.29, 1.82) is 0 Å². The summed E-state index contributed by atoms with van der Waals surface area (Å²) in [5.74, 6) is 2.21. The molecule has 0 fully saturated rings. The third-order valence-electron chi connectivity index (χ3n) is 2.69. The molecular weight excluding hydrogens is 372 g/mol. The van der Waals surface area contributed by atoms with Gasteiger partial charge >= 0.3 is 0 Å². The fraction of sp³-hybridized carbons (Fsp3) is 0.200. The van der Waals surface area contributed by atoms with Crippen LogP contribution in [-0.4, -0.2) is 7.11 Å². The summed E-state index contributed by atoms with van der Waals surface area (Å²) in [6.45, 7) is 2.02. The van der Waals surface area contributed by atoms with Gasteiger partial charge in [0.1, 0.15) is 5.75 Å². The maximum atomic E-state index is 5.90. The van der Waals surface area contributed by atoms with E-state index >= 15 is 0 Å². The molecule has 0 aliphatic rings. The van der Waals surface area contributed by atoms with Gasteiger partial charge in [-0.1, -0.05) is 28.1 Å². The first kappa shape index (κ1) is 14.4. The van der Waals surface area contributed by atoms with E-state index < -0.39 is 0 Å². The Bertz CT molecular complexity index is 582. The summed E-state index contributed by atoms with van der Waals surface area (Å²) in [5.41, 5.74) is 2.33. The lowest BCUT2D eigenvalue weighted by atomic mass is 10.2. The van der Waals surface area contributed by atoms with Crippen molar-refractivity contribution in [2.24, 2.45) is 0 Å². The molecule has 0 unspecified atom stereocenters. The Morgan fingerprint density at radius 1 is 1.00 bits per heavy atom. The van der Waals surface area contributed by atoms with Gasteiger partial charge in [0.05, 0.1) is 11.6 Å². The van der Waals surface area contributed by atoms with E-state index in [1.54, 1.807) is 7.11 Å². The predicted octanol–water partition coefficient (Wildman–Crippen LogP) is 5.45. The summed E-state index contributed by atoms with van der Waals surface area (Å²) < 4.78 is 12.2. The van der Waals surface area contributed by atoms with E-state index in [1.807, 2.05) is 43.3 Å². The highest BCUT2D eigenvalue weighted by Crippen LogP contribution is 2.36. The monoisotopic (exact) mass is 384 g/mol. The maximum absolute atomic E-state index is 5.90. The number of methoxy groups -OCH3 is 1. The van der Waals surface area contributed by atoms with Gasteiger partial charge in [-0.15, -0.1) is 0 Å². The number of aryl methyl sites for hydroxylation is 1. The smallest absolute Gasteiger partial charge is 0.169 e. The second-order valence-corrected chi connectivity index (χ2v) is 5.57. The quantitative estimate of drug-likeness (QED) is 0.651. The molecule has 0 heterocycles. The van der Waals surface area contributed by atoms with Gasteiger partial charge in [-0.05, 0) is 58.2 Å². The van der Waals surface area contributed by atoms with E-state index in [1.165, 1.54) is 5.56 Å². The third kappa shape index (κ3) is 3.51. The molecule has 0 spiro atoms. The van der Waals surface area contributed by atoms with E-state index in [0.717, 1.165) is 26.9 Å². The van der Waals surface area contributed by atoms with Gasteiger partial charge in [0.2, 0.25) is 0 Å². The van der Waals surface area contributed by atoms with Crippen molar-refractivity contribution in [2.75, 3.05) is 7.11 Å². The largest absolute Gasteiger partial charge is 0.493 e. The number of hydrogen-bond donors (Lipinski definition) is 0. The van der Waals surface area contributed by atoms with Crippen molar-refractivity contribution in [3.63, 3.8) is 0 Å². The number of ether oxygens (including phenoxy) is 2. The molecule has 0 aliphatic carbocycles. The minimum atomic E-state index is 0.709. The predicted molar refractivity (Wildman–Crippen MR) is 84.6 cm³/mol. The molecule has 2 aromatic rings. The average molecular weight is 386 g/mol. The Balaban J connectivity index is 2.31. The van der Waals surface area contributed by atoms with Crippen LogP contribution in [0.25, 0.3) is 0 Å². The normalized spacial score (nSPS) is 10.3. The Morgan fingerprint density at radius 2 is 1.74 bits per heavy atom. The van der Waals surface area contributed by atoms with E-state index in [0.29, 0.717) is 5.75 Å². The number of hydrogen-bond acceptors (Lipinski definition) is 2. The maximum Gasteiger partial charge on any atom is 0.169 e. The molecule has 0 aromatic heterocycles. The second kappa shape index (κ2) is 6.44. The van der Waals surface area contributed by atoms with E-state index in [2.05, 4.69) is 31.9 Å². The molecule has 2 aromatic carbocycles. The van der Waals surface area contributed by atoms with E-state index in [4.69, 9.17) is 9.47 Å². The first-order valence-corrected chi connectivity index (χ1v) is 7.72. The van der Waals surface area contributed by atoms with Gasteiger partial charge in [0.25, 0.3) is 0 Å². The lowest BCUT2D eigenvalue weighted by Gasteiger charge is -2.12. The van der Waals surface area contributed by atoms with Crippen molar-refractivity contribution >= 4 is 31.9 Å². The van der Waals surface area contributed by atoms with Crippen molar-refractivity contribution < 1.29 is 9.47 Å². The molecule has 0 amide bonds. The van der Waals surface area contributed by atoms with Crippen molar-refractivity contribution in [3.8, 4) is 17.2 Å². The molecule has 0 aliphatic heterocycles. The highest BCUT2D eigenvalue weighted by molar-refractivity contribution is 9.10. The van der Waals surface area contributed by atoms with Crippen LogP contribution in [0, 0.1) is 6.92 Å². The summed E-state index contributed by atoms with van der Waals surface area (Å²) in [4.78, 5) is 0. The standard InChI is InChI=1S/C15H14Br2O2/c1-10-3-5-14(15(7-10)18-2)19-13-6-4-11(9-16)8-12(13)17/h3-8H,9H2,1-2H3. The lowest BCUT2D eigenvalue weighted by Crippen LogP contribution is -1.92. The third-order valence-corrected chi connectivity index (χ3v) is 3.96. The molecule has 0 N–H and O–H groups in total. The summed E-state index contributed by atoms with van der Waals surface area (Å²) in [6, 6.07) is 11.9. The zero-order valence-corrected chi connectivity index (χ0v) is 13.9. The molecule has 0 saturated carbocycles. The minimum absolute atomic E-state index is 0.709. The Labute approximate surface area is 130 Å². The van der Waals surface area contributed by atoms with Gasteiger partial charge < -0.3 is 9.47 Å². The SMILES string of the molecule is COc1cc(C)ccc1Oc1ccc(CBr)cc1Br. The van der Waals surface area contributed by atoms with Crippen LogP contribution >= 0.6 is 31.9 Å². The Kier molecular flexibility index (Phi) is 4.88. The van der Waals surface area contributed by atoms with Crippen LogP contribution in [0.4, 0.5) is 0 Å². The molecule has 0 radical (unpaired) electrons. The van der Waals surface area contributed by atoms with Gasteiger partial charge in [0, 0.05) is 5.33 Å². The summed E-state index contributed by atoms with van der Waals surface area (Å²) >= 11 is 6.95. The van der Waals surface area contributed by atoms with E-state index in [-0.39, 0.29) is 0 Å². The van der Waals surface area contributed by atoms with Crippen LogP contribution in [0.15, 0.2) is 40.9 Å². The fourth-order valence-corrected chi connectivity index (χ4v) is 2.54. The zero-order chi connectivity index (χ0) is 13.8.